The zero-order valence-corrected chi connectivity index (χ0v) is 23.6. The van der Waals surface area contributed by atoms with Crippen LogP contribution in [0.2, 0.25) is 5.04 Å². The average Bonchev–Trinajstić information content (AvgIpc) is 3.21. The molecule has 35 heavy (non-hydrogen) atoms. The molecule has 0 spiro atoms. The lowest BCUT2D eigenvalue weighted by atomic mass is 10.2. The molecule has 0 amide bonds. The van der Waals surface area contributed by atoms with Crippen molar-refractivity contribution >= 4 is 47.1 Å². The highest BCUT2D eigenvalue weighted by Crippen LogP contribution is 2.38. The van der Waals surface area contributed by atoms with E-state index < -0.39 is 32.4 Å². The molecule has 1 fully saturated rings. The van der Waals surface area contributed by atoms with Crippen molar-refractivity contribution in [2.24, 2.45) is 0 Å². The second-order valence-electron chi connectivity index (χ2n) is 9.78. The number of aliphatic hydroxyl groups excluding tert-OH is 1. The molecule has 0 bridgehead atoms. The number of ether oxygens (including phenoxy) is 1. The van der Waals surface area contributed by atoms with Gasteiger partial charge in [0.15, 0.2) is 0 Å². The Bertz CT molecular complexity index is 1160. The number of hydrogen-bond acceptors (Lipinski definition) is 6. The van der Waals surface area contributed by atoms with E-state index in [0.29, 0.717) is 12.2 Å². The summed E-state index contributed by atoms with van der Waals surface area (Å²) in [5, 5.41) is 16.0. The summed E-state index contributed by atoms with van der Waals surface area (Å²) in [6.07, 6.45) is 0.0923. The lowest BCUT2D eigenvalue weighted by Crippen LogP contribution is -2.67. The standard InChI is InChI=1S/C26H32IN3O4Si/c1-26(2,3)35(18-11-7-5-8-12-18,19-13-9-6-10-14-19)33-17-22-21(31)15-23(34-22)30-16-20(27)24(28-4)29-25(30)32/h5-14,16,21-23,31H,15,17H2,1-4H3,(H,28,29,32)/t21?,22-,23-/m1/s1. The van der Waals surface area contributed by atoms with Gasteiger partial charge >= 0.3 is 5.69 Å². The van der Waals surface area contributed by atoms with Crippen LogP contribution in [-0.4, -0.2) is 48.8 Å². The summed E-state index contributed by atoms with van der Waals surface area (Å²) in [6.45, 7) is 6.86. The average molecular weight is 606 g/mol. The fourth-order valence-corrected chi connectivity index (χ4v) is 10.1. The second-order valence-corrected chi connectivity index (χ2v) is 15.3. The molecule has 2 N–H and O–H groups in total. The Kier molecular flexibility index (Phi) is 7.82. The highest BCUT2D eigenvalue weighted by molar-refractivity contribution is 14.1. The molecule has 0 saturated carbocycles. The van der Waals surface area contributed by atoms with Crippen LogP contribution in [0.15, 0.2) is 71.7 Å². The minimum absolute atomic E-state index is 0.182. The highest BCUT2D eigenvalue weighted by atomic mass is 127. The summed E-state index contributed by atoms with van der Waals surface area (Å²) >= 11 is 2.13. The van der Waals surface area contributed by atoms with E-state index in [1.807, 2.05) is 36.4 Å². The first-order chi connectivity index (χ1) is 16.7. The number of hydrogen-bond donors (Lipinski definition) is 2. The third kappa shape index (κ3) is 5.10. The van der Waals surface area contributed by atoms with Crippen LogP contribution in [0.1, 0.15) is 33.4 Å². The van der Waals surface area contributed by atoms with Crippen LogP contribution in [0.4, 0.5) is 5.82 Å². The maximum Gasteiger partial charge on any atom is 0.351 e. The molecule has 0 aliphatic carbocycles. The van der Waals surface area contributed by atoms with Gasteiger partial charge in [-0.15, -0.1) is 0 Å². The van der Waals surface area contributed by atoms with Crippen molar-refractivity contribution in [1.29, 1.82) is 0 Å². The molecule has 1 saturated heterocycles. The van der Waals surface area contributed by atoms with Gasteiger partial charge in [0.1, 0.15) is 18.1 Å². The number of benzene rings is 2. The number of anilines is 1. The zero-order chi connectivity index (χ0) is 25.2. The lowest BCUT2D eigenvalue weighted by Gasteiger charge is -2.43. The fourth-order valence-electron chi connectivity index (χ4n) is 4.83. The quantitative estimate of drug-likeness (QED) is 0.318. The molecule has 9 heteroatoms. The Balaban J connectivity index is 1.64. The van der Waals surface area contributed by atoms with Gasteiger partial charge in [-0.25, -0.2) is 4.79 Å². The van der Waals surface area contributed by atoms with Crippen LogP contribution in [0, 0.1) is 3.57 Å². The van der Waals surface area contributed by atoms with E-state index in [0.717, 1.165) is 3.57 Å². The summed E-state index contributed by atoms with van der Waals surface area (Å²) in [5.41, 5.74) is -0.416. The third-order valence-electron chi connectivity index (χ3n) is 6.54. The highest BCUT2D eigenvalue weighted by Gasteiger charge is 2.51. The van der Waals surface area contributed by atoms with Crippen LogP contribution in [0.5, 0.6) is 0 Å². The number of nitrogens with one attached hydrogen (secondary N) is 1. The molecule has 4 rings (SSSR count). The van der Waals surface area contributed by atoms with E-state index in [2.05, 4.69) is 77.9 Å². The lowest BCUT2D eigenvalue weighted by molar-refractivity contribution is -0.0426. The number of nitrogens with zero attached hydrogens (tertiary/aromatic N) is 2. The Morgan fingerprint density at radius 2 is 1.71 bits per heavy atom. The van der Waals surface area contributed by atoms with Gasteiger partial charge in [-0.2, -0.15) is 4.98 Å². The summed E-state index contributed by atoms with van der Waals surface area (Å²) in [6, 6.07) is 20.7. The van der Waals surface area contributed by atoms with Crippen molar-refractivity contribution in [2.45, 2.75) is 50.7 Å². The predicted molar refractivity (Wildman–Crippen MR) is 149 cm³/mol. The molecule has 7 nitrogen and oxygen atoms in total. The largest absolute Gasteiger partial charge is 0.405 e. The summed E-state index contributed by atoms with van der Waals surface area (Å²) < 4.78 is 15.4. The second kappa shape index (κ2) is 10.5. The normalized spacial score (nSPS) is 20.7. The van der Waals surface area contributed by atoms with Gasteiger partial charge in [-0.1, -0.05) is 81.4 Å². The molecule has 186 valence electrons. The minimum Gasteiger partial charge on any atom is -0.405 e. The molecular formula is C26H32IN3O4Si. The Labute approximate surface area is 220 Å². The number of aliphatic hydroxyl groups is 1. The first-order valence-corrected chi connectivity index (χ1v) is 14.7. The van der Waals surface area contributed by atoms with Crippen LogP contribution in [0.25, 0.3) is 0 Å². The summed E-state index contributed by atoms with van der Waals surface area (Å²) in [5.74, 6) is 0.525. The fraction of sp³-hybridized carbons (Fsp3) is 0.385. The van der Waals surface area contributed by atoms with Crippen molar-refractivity contribution < 1.29 is 14.3 Å². The van der Waals surface area contributed by atoms with Gasteiger partial charge in [0.2, 0.25) is 0 Å². The van der Waals surface area contributed by atoms with Gasteiger partial charge in [0, 0.05) is 19.7 Å². The summed E-state index contributed by atoms with van der Waals surface area (Å²) in [7, 11) is -1.04. The number of halogens is 1. The van der Waals surface area contributed by atoms with Crippen LogP contribution in [-0.2, 0) is 9.16 Å². The van der Waals surface area contributed by atoms with Crippen molar-refractivity contribution in [1.82, 2.24) is 9.55 Å². The molecule has 3 aromatic rings. The molecule has 1 aliphatic heterocycles. The maximum absolute atomic E-state index is 12.6. The van der Waals surface area contributed by atoms with Crippen LogP contribution in [0.3, 0.4) is 0 Å². The first kappa shape index (κ1) is 26.0. The molecule has 0 radical (unpaired) electrons. The summed E-state index contributed by atoms with van der Waals surface area (Å²) in [4.78, 5) is 16.7. The van der Waals surface area contributed by atoms with Crippen molar-refractivity contribution in [2.75, 3.05) is 19.0 Å². The number of aromatic nitrogens is 2. The van der Waals surface area contributed by atoms with Gasteiger partial charge in [-0.3, -0.25) is 4.57 Å². The van der Waals surface area contributed by atoms with Crippen molar-refractivity contribution in [3.63, 3.8) is 0 Å². The number of rotatable bonds is 7. The van der Waals surface area contributed by atoms with E-state index in [1.54, 1.807) is 13.2 Å². The monoisotopic (exact) mass is 605 g/mol. The van der Waals surface area contributed by atoms with E-state index in [1.165, 1.54) is 14.9 Å². The molecule has 2 aromatic carbocycles. The van der Waals surface area contributed by atoms with E-state index in [-0.39, 0.29) is 11.6 Å². The molecule has 1 unspecified atom stereocenters. The molecule has 3 atom stereocenters. The Morgan fingerprint density at radius 3 is 2.23 bits per heavy atom. The molecule has 2 heterocycles. The maximum atomic E-state index is 12.6. The molecular weight excluding hydrogens is 573 g/mol. The third-order valence-corrected chi connectivity index (χ3v) is 12.3. The van der Waals surface area contributed by atoms with Gasteiger partial charge in [0.05, 0.1) is 16.3 Å². The van der Waals surface area contributed by atoms with E-state index >= 15 is 0 Å². The zero-order valence-electron chi connectivity index (χ0n) is 20.4. The smallest absolute Gasteiger partial charge is 0.351 e. The Morgan fingerprint density at radius 1 is 1.14 bits per heavy atom. The predicted octanol–water partition coefficient (Wildman–Crippen LogP) is 3.11. The molecule has 1 aliphatic rings. The Hall–Kier alpha value is -2.05. The molecule has 1 aromatic heterocycles. The van der Waals surface area contributed by atoms with Crippen molar-refractivity contribution in [3.8, 4) is 0 Å². The topological polar surface area (TPSA) is 85.6 Å². The van der Waals surface area contributed by atoms with Gasteiger partial charge in [0.25, 0.3) is 8.32 Å². The van der Waals surface area contributed by atoms with Gasteiger partial charge in [-0.05, 0) is 38.0 Å². The van der Waals surface area contributed by atoms with E-state index in [9.17, 15) is 9.90 Å². The van der Waals surface area contributed by atoms with Crippen molar-refractivity contribution in [3.05, 3.63) is 80.9 Å². The van der Waals surface area contributed by atoms with Crippen LogP contribution >= 0.6 is 22.6 Å². The van der Waals surface area contributed by atoms with Crippen LogP contribution < -0.4 is 21.4 Å². The SMILES string of the molecule is CNc1nc(=O)n([C@H]2CC(O)[C@@H](CO[Si](c3ccccc3)(c3ccccc3)C(C)(C)C)O2)cc1I. The minimum atomic E-state index is -2.76. The first-order valence-electron chi connectivity index (χ1n) is 11.7. The van der Waals surface area contributed by atoms with E-state index in [4.69, 9.17) is 9.16 Å². The van der Waals surface area contributed by atoms with Gasteiger partial charge < -0.3 is 19.6 Å².